The van der Waals surface area contributed by atoms with Crippen LogP contribution in [0.15, 0.2) is 23.8 Å². The molecule has 0 unspecified atom stereocenters. The Labute approximate surface area is 135 Å². The predicted molar refractivity (Wildman–Crippen MR) is 84.7 cm³/mol. The van der Waals surface area contributed by atoms with Crippen molar-refractivity contribution >= 4 is 5.78 Å². The summed E-state index contributed by atoms with van der Waals surface area (Å²) in [6, 6.07) is 3.76. The van der Waals surface area contributed by atoms with Gasteiger partial charge in [-0.05, 0) is 47.8 Å². The monoisotopic (exact) mass is 315 g/mol. The van der Waals surface area contributed by atoms with Gasteiger partial charge in [0.25, 0.3) is 0 Å². The molecule has 0 saturated carbocycles. The molecule has 1 spiro atoms. The fourth-order valence-corrected chi connectivity index (χ4v) is 4.52. The van der Waals surface area contributed by atoms with Gasteiger partial charge in [-0.3, -0.25) is 9.69 Å². The molecule has 1 aliphatic carbocycles. The third-order valence-corrected chi connectivity index (χ3v) is 5.62. The molecule has 4 rings (SSSR count). The van der Waals surface area contributed by atoms with Gasteiger partial charge in [-0.25, -0.2) is 0 Å². The number of carbonyl (C=O) groups excluding carboxylic acids is 1. The van der Waals surface area contributed by atoms with Crippen molar-refractivity contribution < 1.29 is 19.4 Å². The lowest BCUT2D eigenvalue weighted by Gasteiger charge is -2.47. The summed E-state index contributed by atoms with van der Waals surface area (Å²) in [6.07, 6.45) is 3.81. The SMILES string of the molecule is COc1cc2c(cc1O)CCN1CCC3=CC(=O)[C@H](OC)C[C@]321. The number of nitrogens with zero attached hydrogens (tertiary/aromatic N) is 1. The molecule has 1 aromatic rings. The molecule has 5 heteroatoms. The van der Waals surface area contributed by atoms with Gasteiger partial charge in [0, 0.05) is 26.6 Å². The number of ether oxygens (including phenoxy) is 2. The number of ketones is 1. The Morgan fingerprint density at radius 1 is 1.26 bits per heavy atom. The highest BCUT2D eigenvalue weighted by Gasteiger charge is 2.53. The van der Waals surface area contributed by atoms with E-state index < -0.39 is 6.10 Å². The number of phenolic OH excluding ortho intramolecular Hbond substituents is 1. The number of hydrogen-bond donors (Lipinski definition) is 1. The van der Waals surface area contributed by atoms with Crippen molar-refractivity contribution in [3.05, 3.63) is 34.9 Å². The average Bonchev–Trinajstić information content (AvgIpc) is 2.92. The molecule has 2 heterocycles. The minimum Gasteiger partial charge on any atom is -0.504 e. The Balaban J connectivity index is 1.94. The largest absolute Gasteiger partial charge is 0.504 e. The molecule has 0 radical (unpaired) electrons. The van der Waals surface area contributed by atoms with Crippen LogP contribution < -0.4 is 4.74 Å². The van der Waals surface area contributed by atoms with E-state index in [2.05, 4.69) is 4.90 Å². The fourth-order valence-electron chi connectivity index (χ4n) is 4.52. The Morgan fingerprint density at radius 2 is 2.04 bits per heavy atom. The highest BCUT2D eigenvalue weighted by Crippen LogP contribution is 2.53. The second kappa shape index (κ2) is 5.08. The number of fused-ring (bicyclic) bond motifs is 1. The van der Waals surface area contributed by atoms with Crippen LogP contribution in [0.3, 0.4) is 0 Å². The van der Waals surface area contributed by atoms with E-state index in [-0.39, 0.29) is 17.1 Å². The van der Waals surface area contributed by atoms with E-state index in [1.165, 1.54) is 5.57 Å². The van der Waals surface area contributed by atoms with Crippen molar-refractivity contribution in [3.63, 3.8) is 0 Å². The lowest BCUT2D eigenvalue weighted by Crippen LogP contribution is -2.52. The van der Waals surface area contributed by atoms with Crippen molar-refractivity contribution in [2.24, 2.45) is 0 Å². The van der Waals surface area contributed by atoms with Gasteiger partial charge < -0.3 is 14.6 Å². The molecule has 1 fully saturated rings. The van der Waals surface area contributed by atoms with Gasteiger partial charge >= 0.3 is 0 Å². The van der Waals surface area contributed by atoms with Crippen molar-refractivity contribution in [1.82, 2.24) is 4.90 Å². The summed E-state index contributed by atoms with van der Waals surface area (Å²) in [5.41, 5.74) is 3.17. The zero-order chi connectivity index (χ0) is 16.2. The number of carbonyl (C=O) groups is 1. The lowest BCUT2D eigenvalue weighted by atomic mass is 9.70. The van der Waals surface area contributed by atoms with Crippen LogP contribution in [0.25, 0.3) is 0 Å². The first kappa shape index (κ1) is 14.7. The third-order valence-electron chi connectivity index (χ3n) is 5.62. The number of methoxy groups -OCH3 is 2. The molecule has 0 bridgehead atoms. The smallest absolute Gasteiger partial charge is 0.184 e. The lowest BCUT2D eigenvalue weighted by molar-refractivity contribution is -0.127. The maximum Gasteiger partial charge on any atom is 0.184 e. The molecule has 2 atom stereocenters. The highest BCUT2D eigenvalue weighted by atomic mass is 16.5. The minimum absolute atomic E-state index is 0.0628. The van der Waals surface area contributed by atoms with E-state index in [4.69, 9.17) is 9.47 Å². The molecule has 122 valence electrons. The Hall–Kier alpha value is -1.85. The second-order valence-corrected chi connectivity index (χ2v) is 6.53. The van der Waals surface area contributed by atoms with Crippen LogP contribution in [-0.2, 0) is 21.5 Å². The van der Waals surface area contributed by atoms with Gasteiger partial charge in [-0.1, -0.05) is 0 Å². The van der Waals surface area contributed by atoms with Crippen LogP contribution in [0.5, 0.6) is 11.5 Å². The Kier molecular flexibility index (Phi) is 3.25. The highest BCUT2D eigenvalue weighted by molar-refractivity contribution is 5.96. The van der Waals surface area contributed by atoms with Gasteiger partial charge in [0.2, 0.25) is 0 Å². The molecular weight excluding hydrogens is 294 g/mol. The molecule has 23 heavy (non-hydrogen) atoms. The van der Waals surface area contributed by atoms with E-state index in [1.54, 1.807) is 20.3 Å². The third kappa shape index (κ3) is 1.90. The number of aromatic hydroxyl groups is 1. The summed E-state index contributed by atoms with van der Waals surface area (Å²) in [6.45, 7) is 1.89. The molecule has 1 N–H and O–H groups in total. The summed E-state index contributed by atoms with van der Waals surface area (Å²) < 4.78 is 10.8. The van der Waals surface area contributed by atoms with Gasteiger partial charge in [0.1, 0.15) is 6.10 Å². The maximum atomic E-state index is 12.2. The van der Waals surface area contributed by atoms with Crippen molar-refractivity contribution in [1.29, 1.82) is 0 Å². The molecule has 5 nitrogen and oxygen atoms in total. The van der Waals surface area contributed by atoms with E-state index >= 15 is 0 Å². The van der Waals surface area contributed by atoms with E-state index in [1.807, 2.05) is 12.1 Å². The summed E-state index contributed by atoms with van der Waals surface area (Å²) in [4.78, 5) is 14.7. The summed E-state index contributed by atoms with van der Waals surface area (Å²) in [7, 11) is 3.16. The zero-order valence-corrected chi connectivity index (χ0v) is 13.5. The minimum atomic E-state index is -0.412. The van der Waals surface area contributed by atoms with Crippen molar-refractivity contribution in [2.75, 3.05) is 27.3 Å². The summed E-state index contributed by atoms with van der Waals surface area (Å²) in [5, 5.41) is 10.1. The van der Waals surface area contributed by atoms with Crippen molar-refractivity contribution in [3.8, 4) is 11.5 Å². The quantitative estimate of drug-likeness (QED) is 0.901. The number of phenols is 1. The predicted octanol–water partition coefficient (Wildman–Crippen LogP) is 1.77. The first-order valence-electron chi connectivity index (χ1n) is 8.03. The second-order valence-electron chi connectivity index (χ2n) is 6.53. The van der Waals surface area contributed by atoms with E-state index in [0.717, 1.165) is 37.1 Å². The molecule has 0 amide bonds. The molecule has 0 aromatic heterocycles. The van der Waals surface area contributed by atoms with Crippen molar-refractivity contribution in [2.45, 2.75) is 30.9 Å². The molecule has 1 saturated heterocycles. The van der Waals surface area contributed by atoms with Crippen LogP contribution in [0, 0.1) is 0 Å². The van der Waals surface area contributed by atoms with Crippen LogP contribution in [0.4, 0.5) is 0 Å². The maximum absolute atomic E-state index is 12.2. The van der Waals surface area contributed by atoms with E-state index in [0.29, 0.717) is 12.2 Å². The topological polar surface area (TPSA) is 59.0 Å². The first-order valence-corrected chi connectivity index (χ1v) is 8.03. The van der Waals surface area contributed by atoms with Crippen LogP contribution >= 0.6 is 0 Å². The van der Waals surface area contributed by atoms with Gasteiger partial charge in [0.15, 0.2) is 17.3 Å². The number of hydrogen-bond acceptors (Lipinski definition) is 5. The Bertz CT molecular complexity index is 711. The van der Waals surface area contributed by atoms with Crippen LogP contribution in [-0.4, -0.2) is 49.2 Å². The molecular formula is C18H21NO4. The average molecular weight is 315 g/mol. The van der Waals surface area contributed by atoms with Crippen LogP contribution in [0.2, 0.25) is 0 Å². The Morgan fingerprint density at radius 3 is 2.78 bits per heavy atom. The normalized spacial score (nSPS) is 29.6. The zero-order valence-electron chi connectivity index (χ0n) is 13.5. The van der Waals surface area contributed by atoms with Gasteiger partial charge in [-0.15, -0.1) is 0 Å². The molecule has 1 aromatic carbocycles. The van der Waals surface area contributed by atoms with Gasteiger partial charge in [-0.2, -0.15) is 0 Å². The van der Waals surface area contributed by atoms with Crippen LogP contribution in [0.1, 0.15) is 24.0 Å². The first-order chi connectivity index (χ1) is 11.1. The fraction of sp³-hybridized carbons (Fsp3) is 0.500. The molecule has 3 aliphatic rings. The summed E-state index contributed by atoms with van der Waals surface area (Å²) >= 11 is 0. The standard InChI is InChI=1S/C18H21NO4/c1-22-16-9-13-11(7-14(16)20)3-5-19-6-4-12-8-15(21)17(23-2)10-18(12,13)19/h7-9,17,20H,3-6,10H2,1-2H3/t17-,18+/m1/s1. The summed E-state index contributed by atoms with van der Waals surface area (Å²) in [5.74, 6) is 0.722. The van der Waals surface area contributed by atoms with E-state index in [9.17, 15) is 9.90 Å². The number of rotatable bonds is 2. The van der Waals surface area contributed by atoms with Gasteiger partial charge in [0.05, 0.1) is 12.6 Å². The number of benzene rings is 1. The molecule has 2 aliphatic heterocycles.